The Hall–Kier alpha value is -4.39. The molecule has 7 nitrogen and oxygen atoms in total. The number of allylic oxidation sites excluding steroid dienone is 1. The molecule has 0 aliphatic carbocycles. The number of hydrogen-bond acceptors (Lipinski definition) is 5. The van der Waals surface area contributed by atoms with E-state index in [-0.39, 0.29) is 11.5 Å². The number of non-ortho nitro benzene ring substituents is 1. The van der Waals surface area contributed by atoms with Crippen molar-refractivity contribution in [1.82, 2.24) is 14.8 Å². The van der Waals surface area contributed by atoms with Crippen LogP contribution in [0.15, 0.2) is 91.4 Å². The highest BCUT2D eigenvalue weighted by atomic mass is 16.6. The van der Waals surface area contributed by atoms with Gasteiger partial charge in [0.1, 0.15) is 5.69 Å². The SMILES string of the molecule is O=C(C=Cc1cn(-c2ccccc2)nc1-c1cccnc1)c1ccc([N+](=O)[O-])cc1. The van der Waals surface area contributed by atoms with Crippen LogP contribution >= 0.6 is 0 Å². The van der Waals surface area contributed by atoms with Crippen LogP contribution in [0.3, 0.4) is 0 Å². The van der Waals surface area contributed by atoms with E-state index in [4.69, 9.17) is 0 Å². The van der Waals surface area contributed by atoms with Crippen molar-refractivity contribution < 1.29 is 9.72 Å². The predicted molar refractivity (Wildman–Crippen MR) is 113 cm³/mol. The molecule has 30 heavy (non-hydrogen) atoms. The number of para-hydroxylation sites is 1. The molecule has 2 aromatic heterocycles. The summed E-state index contributed by atoms with van der Waals surface area (Å²) in [5, 5.41) is 15.4. The molecule has 0 saturated heterocycles. The van der Waals surface area contributed by atoms with Gasteiger partial charge >= 0.3 is 0 Å². The Balaban J connectivity index is 1.67. The summed E-state index contributed by atoms with van der Waals surface area (Å²) in [6.07, 6.45) is 8.38. The lowest BCUT2D eigenvalue weighted by Crippen LogP contribution is -1.95. The van der Waals surface area contributed by atoms with E-state index in [0.29, 0.717) is 11.3 Å². The largest absolute Gasteiger partial charge is 0.289 e. The van der Waals surface area contributed by atoms with Crippen LogP contribution in [0.1, 0.15) is 15.9 Å². The standard InChI is InChI=1S/C23H16N4O3/c28-22(17-8-11-21(12-9-17)27(29)30)13-10-19-16-26(20-6-2-1-3-7-20)25-23(19)18-5-4-14-24-15-18/h1-16H. The minimum Gasteiger partial charge on any atom is -0.289 e. The summed E-state index contributed by atoms with van der Waals surface area (Å²) in [4.78, 5) is 27.0. The van der Waals surface area contributed by atoms with Crippen molar-refractivity contribution in [3.63, 3.8) is 0 Å². The summed E-state index contributed by atoms with van der Waals surface area (Å²) < 4.78 is 1.75. The lowest BCUT2D eigenvalue weighted by molar-refractivity contribution is -0.384. The normalized spacial score (nSPS) is 10.9. The molecule has 7 heteroatoms. The summed E-state index contributed by atoms with van der Waals surface area (Å²) in [6.45, 7) is 0. The average Bonchev–Trinajstić information content (AvgIpc) is 3.23. The Kier molecular flexibility index (Phi) is 5.25. The Morgan fingerprint density at radius 3 is 2.43 bits per heavy atom. The Morgan fingerprint density at radius 2 is 1.77 bits per heavy atom. The van der Waals surface area contributed by atoms with Crippen LogP contribution in [0.25, 0.3) is 23.0 Å². The van der Waals surface area contributed by atoms with E-state index < -0.39 is 4.92 Å². The van der Waals surface area contributed by atoms with Gasteiger partial charge in [0.25, 0.3) is 5.69 Å². The molecule has 4 rings (SSSR count). The molecule has 4 aromatic rings. The van der Waals surface area contributed by atoms with Crippen molar-refractivity contribution in [1.29, 1.82) is 0 Å². The molecular weight excluding hydrogens is 380 g/mol. The number of rotatable bonds is 6. The van der Waals surface area contributed by atoms with Crippen LogP contribution in [-0.2, 0) is 0 Å². The molecule has 2 aromatic carbocycles. The summed E-state index contributed by atoms with van der Waals surface area (Å²) in [6, 6.07) is 18.9. The van der Waals surface area contributed by atoms with Gasteiger partial charge in [-0.1, -0.05) is 18.2 Å². The zero-order valence-corrected chi connectivity index (χ0v) is 15.8. The highest BCUT2D eigenvalue weighted by molar-refractivity contribution is 6.07. The number of ketones is 1. The van der Waals surface area contributed by atoms with E-state index >= 15 is 0 Å². The van der Waals surface area contributed by atoms with Crippen LogP contribution in [0.4, 0.5) is 5.69 Å². The summed E-state index contributed by atoms with van der Waals surface area (Å²) >= 11 is 0. The Morgan fingerprint density at radius 1 is 1.00 bits per heavy atom. The third-order valence-corrected chi connectivity index (χ3v) is 4.48. The van der Waals surface area contributed by atoms with Gasteiger partial charge < -0.3 is 0 Å². The summed E-state index contributed by atoms with van der Waals surface area (Å²) in [7, 11) is 0. The molecule has 0 N–H and O–H groups in total. The van der Waals surface area contributed by atoms with Gasteiger partial charge in [-0.15, -0.1) is 0 Å². The minimum absolute atomic E-state index is 0.0569. The van der Waals surface area contributed by atoms with Gasteiger partial charge in [-0.05, 0) is 48.6 Å². The molecule has 2 heterocycles. The first kappa shape index (κ1) is 18.9. The van der Waals surface area contributed by atoms with Gasteiger partial charge in [0.15, 0.2) is 5.78 Å². The number of carbonyl (C=O) groups excluding carboxylic acids is 1. The average molecular weight is 396 g/mol. The number of nitro groups is 1. The number of aromatic nitrogens is 3. The van der Waals surface area contributed by atoms with E-state index in [1.54, 1.807) is 23.2 Å². The van der Waals surface area contributed by atoms with E-state index in [1.807, 2.05) is 48.7 Å². The third kappa shape index (κ3) is 4.05. The van der Waals surface area contributed by atoms with Crippen molar-refractivity contribution in [2.75, 3.05) is 0 Å². The molecule has 0 fully saturated rings. The first-order valence-corrected chi connectivity index (χ1v) is 9.14. The topological polar surface area (TPSA) is 90.9 Å². The maximum atomic E-state index is 12.5. The van der Waals surface area contributed by atoms with E-state index in [1.165, 1.54) is 30.3 Å². The lowest BCUT2D eigenvalue weighted by atomic mass is 10.1. The molecule has 0 amide bonds. The number of hydrogen-bond donors (Lipinski definition) is 0. The number of benzene rings is 2. The van der Waals surface area contributed by atoms with Gasteiger partial charge in [-0.25, -0.2) is 4.68 Å². The van der Waals surface area contributed by atoms with Gasteiger partial charge in [0, 0.05) is 47.4 Å². The smallest absolute Gasteiger partial charge is 0.269 e. The van der Waals surface area contributed by atoms with Gasteiger partial charge in [0.05, 0.1) is 10.6 Å². The Bertz CT molecular complexity index is 1210. The summed E-state index contributed by atoms with van der Waals surface area (Å²) in [5.41, 5.74) is 3.48. The van der Waals surface area contributed by atoms with Crippen LogP contribution in [0.5, 0.6) is 0 Å². The van der Waals surface area contributed by atoms with Crippen LogP contribution in [-0.4, -0.2) is 25.5 Å². The monoisotopic (exact) mass is 396 g/mol. The Labute approximate surface area is 172 Å². The van der Waals surface area contributed by atoms with E-state index in [0.717, 1.165) is 16.8 Å². The second kappa shape index (κ2) is 8.32. The first-order valence-electron chi connectivity index (χ1n) is 9.14. The highest BCUT2D eigenvalue weighted by Gasteiger charge is 2.12. The number of nitrogens with zero attached hydrogens (tertiary/aromatic N) is 4. The lowest BCUT2D eigenvalue weighted by Gasteiger charge is -2.00. The maximum Gasteiger partial charge on any atom is 0.269 e. The first-order chi connectivity index (χ1) is 14.6. The van der Waals surface area contributed by atoms with E-state index in [2.05, 4.69) is 10.1 Å². The fourth-order valence-electron chi connectivity index (χ4n) is 2.96. The van der Waals surface area contributed by atoms with Crippen molar-refractivity contribution in [3.8, 4) is 16.9 Å². The number of pyridine rings is 1. The quantitative estimate of drug-likeness (QED) is 0.203. The zero-order chi connectivity index (χ0) is 20.9. The second-order valence-corrected chi connectivity index (χ2v) is 6.46. The van der Waals surface area contributed by atoms with Crippen molar-refractivity contribution >= 4 is 17.5 Å². The van der Waals surface area contributed by atoms with Crippen LogP contribution in [0.2, 0.25) is 0 Å². The van der Waals surface area contributed by atoms with Gasteiger partial charge in [-0.2, -0.15) is 5.10 Å². The molecule has 0 radical (unpaired) electrons. The van der Waals surface area contributed by atoms with Crippen molar-refractivity contribution in [2.45, 2.75) is 0 Å². The molecule has 0 spiro atoms. The van der Waals surface area contributed by atoms with Gasteiger partial charge in [0.2, 0.25) is 0 Å². The van der Waals surface area contributed by atoms with Crippen molar-refractivity contribution in [3.05, 3.63) is 113 Å². The zero-order valence-electron chi connectivity index (χ0n) is 15.8. The number of carbonyl (C=O) groups is 1. The molecule has 146 valence electrons. The minimum atomic E-state index is -0.498. The van der Waals surface area contributed by atoms with Gasteiger partial charge in [-0.3, -0.25) is 19.9 Å². The third-order valence-electron chi connectivity index (χ3n) is 4.48. The highest BCUT2D eigenvalue weighted by Crippen LogP contribution is 2.24. The molecule has 0 aliphatic heterocycles. The van der Waals surface area contributed by atoms with Crippen LogP contribution < -0.4 is 0 Å². The van der Waals surface area contributed by atoms with Crippen molar-refractivity contribution in [2.24, 2.45) is 0 Å². The van der Waals surface area contributed by atoms with Crippen LogP contribution in [0, 0.1) is 10.1 Å². The summed E-state index contributed by atoms with van der Waals surface area (Å²) in [5.74, 6) is -0.255. The molecule has 0 bridgehead atoms. The molecular formula is C23H16N4O3. The van der Waals surface area contributed by atoms with E-state index in [9.17, 15) is 14.9 Å². The molecule has 0 atom stereocenters. The fraction of sp³-hybridized carbons (Fsp3) is 0. The second-order valence-electron chi connectivity index (χ2n) is 6.46. The molecule has 0 aliphatic rings. The predicted octanol–water partition coefficient (Wildman–Crippen LogP) is 4.74. The molecule has 0 unspecified atom stereocenters. The number of nitro benzene ring substituents is 1. The fourth-order valence-corrected chi connectivity index (χ4v) is 2.96. The molecule has 0 saturated carbocycles. The maximum absolute atomic E-state index is 12.5.